The summed E-state index contributed by atoms with van der Waals surface area (Å²) in [6.45, 7) is 14.0. The summed E-state index contributed by atoms with van der Waals surface area (Å²) in [5.74, 6) is 0. The molecular weight excluding hydrogens is 1080 g/mol. The monoisotopic (exact) mass is 1220 g/mol. The van der Waals surface area contributed by atoms with E-state index in [1.54, 1.807) is 4.70 Å². The number of aliphatic hydroxyl groups excluding tert-OH is 2. The van der Waals surface area contributed by atoms with Gasteiger partial charge in [0.25, 0.3) is 0 Å². The number of unbranched alkanes of at least 4 members (excludes halogenated alkanes) is 43. The molecule has 0 saturated carbocycles. The molecular formula is C80H142N2NiO2. The number of benzene rings is 2. The summed E-state index contributed by atoms with van der Waals surface area (Å²) >= 11 is 0. The van der Waals surface area contributed by atoms with Crippen molar-refractivity contribution >= 4 is 11.4 Å². The van der Waals surface area contributed by atoms with E-state index in [9.17, 15) is 5.53 Å². The van der Waals surface area contributed by atoms with Gasteiger partial charge in [0.2, 0.25) is 11.4 Å². The zero-order chi connectivity index (χ0) is 61.2. The van der Waals surface area contributed by atoms with Gasteiger partial charge in [-0.3, -0.25) is 0 Å². The Balaban J connectivity index is 0.0000138. The van der Waals surface area contributed by atoms with E-state index in [4.69, 9.17) is 10.2 Å². The first kappa shape index (κ1) is 82.7. The Labute approximate surface area is 540 Å². The topological polar surface area (TPSA) is 65.8 Å². The smallest absolute Gasteiger partial charge is 0.215 e. The van der Waals surface area contributed by atoms with Crippen molar-refractivity contribution in [3.63, 3.8) is 0 Å². The van der Waals surface area contributed by atoms with Crippen molar-refractivity contribution < 1.29 is 31.4 Å². The van der Waals surface area contributed by atoms with Crippen LogP contribution in [-0.4, -0.2) is 29.1 Å². The zero-order valence-corrected chi connectivity index (χ0v) is 58.9. The van der Waals surface area contributed by atoms with Gasteiger partial charge in [-0.25, -0.2) is 4.70 Å². The van der Waals surface area contributed by atoms with E-state index in [-0.39, 0.29) is 16.5 Å². The van der Waals surface area contributed by atoms with Crippen LogP contribution in [-0.2, 0) is 42.2 Å². The molecule has 0 aliphatic carbocycles. The van der Waals surface area contributed by atoms with Crippen LogP contribution in [0.5, 0.6) is 0 Å². The molecule has 0 radical (unpaired) electrons. The second-order valence-corrected chi connectivity index (χ2v) is 25.8. The molecule has 1 aliphatic rings. The van der Waals surface area contributed by atoms with Gasteiger partial charge in [-0.15, -0.1) is 0 Å². The van der Waals surface area contributed by atoms with Gasteiger partial charge in [-0.05, 0) is 124 Å². The predicted molar refractivity (Wildman–Crippen MR) is 375 cm³/mol. The van der Waals surface area contributed by atoms with Crippen molar-refractivity contribution in [1.82, 2.24) is 0 Å². The van der Waals surface area contributed by atoms with Crippen LogP contribution in [0, 0.1) is 0 Å². The average molecular weight is 1220 g/mol. The Bertz CT molecular complexity index is 1840. The van der Waals surface area contributed by atoms with Gasteiger partial charge in [-0.1, -0.05) is 336 Å². The van der Waals surface area contributed by atoms with Crippen molar-refractivity contribution in [3.8, 4) is 0 Å². The molecule has 0 fully saturated rings. The van der Waals surface area contributed by atoms with Crippen LogP contribution in [0.4, 0.5) is 0 Å². The minimum Gasteiger partial charge on any atom is -0.493 e. The molecule has 0 spiro atoms. The van der Waals surface area contributed by atoms with Crippen molar-refractivity contribution in [2.75, 3.05) is 14.2 Å². The van der Waals surface area contributed by atoms with E-state index < -0.39 is 0 Å². The average Bonchev–Trinajstić information content (AvgIpc) is 1.75. The Kier molecular flexibility index (Phi) is 60.2. The van der Waals surface area contributed by atoms with E-state index in [0.717, 1.165) is 64.1 Å². The molecule has 0 bridgehead atoms. The first-order chi connectivity index (χ1) is 41.5. The molecule has 0 amide bonds. The third-order valence-corrected chi connectivity index (χ3v) is 18.0. The van der Waals surface area contributed by atoms with Gasteiger partial charge in [-0.2, -0.15) is 0 Å². The molecule has 5 heteroatoms. The van der Waals surface area contributed by atoms with E-state index in [2.05, 4.69) is 90.1 Å². The maximum atomic E-state index is 13.3. The fourth-order valence-corrected chi connectivity index (χ4v) is 12.9. The summed E-state index contributed by atoms with van der Waals surface area (Å²) in [5.41, 5.74) is 26.4. The molecule has 0 atom stereocenters. The Hall–Kier alpha value is -2.33. The predicted octanol–water partition coefficient (Wildman–Crippen LogP) is 26.4. The zero-order valence-electron chi connectivity index (χ0n) is 57.9. The third-order valence-electron chi connectivity index (χ3n) is 18.0. The number of aliphatic hydroxyl groups is 2. The van der Waals surface area contributed by atoms with Gasteiger partial charge < -0.3 is 15.7 Å². The van der Waals surface area contributed by atoms with Crippen molar-refractivity contribution in [3.05, 3.63) is 98.6 Å². The Morgan fingerprint density at radius 1 is 0.294 bits per heavy atom. The molecule has 3 rings (SSSR count). The molecule has 0 saturated heterocycles. The first-order valence-electron chi connectivity index (χ1n) is 37.3. The fraction of sp³-hybridized carbons (Fsp3) is 0.775. The van der Waals surface area contributed by atoms with Crippen LogP contribution < -0.4 is 0 Å². The van der Waals surface area contributed by atoms with E-state index >= 15 is 0 Å². The van der Waals surface area contributed by atoms with Crippen molar-refractivity contribution in [2.45, 2.75) is 388 Å². The maximum Gasteiger partial charge on any atom is 0.215 e. The summed E-state index contributed by atoms with van der Waals surface area (Å²) in [4.78, 5) is 0. The van der Waals surface area contributed by atoms with Crippen LogP contribution in [0.3, 0.4) is 0 Å². The second kappa shape index (κ2) is 61.9. The van der Waals surface area contributed by atoms with Crippen molar-refractivity contribution in [2.24, 2.45) is 0 Å². The second-order valence-electron chi connectivity index (χ2n) is 25.8. The summed E-state index contributed by atoms with van der Waals surface area (Å²) in [7, 11) is 2.00. The largest absolute Gasteiger partial charge is 0.493 e. The van der Waals surface area contributed by atoms with Gasteiger partial charge in [0, 0.05) is 47.4 Å². The number of allylic oxidation sites excluding steroid dienone is 4. The van der Waals surface area contributed by atoms with Crippen LogP contribution in [0.2, 0.25) is 0 Å². The molecule has 0 aromatic heterocycles. The molecule has 2 aromatic carbocycles. The molecule has 2 N–H and O–H groups in total. The van der Waals surface area contributed by atoms with Gasteiger partial charge in [0.15, 0.2) is 0 Å². The minimum absolute atomic E-state index is 0. The fourth-order valence-electron chi connectivity index (χ4n) is 12.9. The quantitative estimate of drug-likeness (QED) is 0.0394. The molecule has 1 heterocycles. The Morgan fingerprint density at radius 3 is 0.788 bits per heavy atom. The normalized spacial score (nSPS) is 12.3. The van der Waals surface area contributed by atoms with Gasteiger partial charge in [0.1, 0.15) is 0 Å². The molecule has 0 unspecified atom stereocenters. The van der Waals surface area contributed by atoms with Crippen LogP contribution in [0.1, 0.15) is 396 Å². The van der Waals surface area contributed by atoms with Gasteiger partial charge >= 0.3 is 0 Å². The number of hydrogen-bond donors (Lipinski definition) is 2. The first-order valence-corrected chi connectivity index (χ1v) is 37.3. The molecule has 4 nitrogen and oxygen atoms in total. The summed E-state index contributed by atoms with van der Waals surface area (Å²) in [5, 5.41) is 14.0. The minimum atomic E-state index is 0. The molecule has 1 aliphatic heterocycles. The van der Waals surface area contributed by atoms with Gasteiger partial charge in [0.05, 0.1) is 5.57 Å². The van der Waals surface area contributed by atoms with E-state index in [0.29, 0.717) is 0 Å². The molecule has 2 aromatic rings. The van der Waals surface area contributed by atoms with E-state index in [1.165, 1.54) is 353 Å². The summed E-state index contributed by atoms with van der Waals surface area (Å²) < 4.78 is 1.74. The standard InChI is InChI=1S/C78H134N2.2CH4O.Ni/c1-7-13-19-25-31-32-33-34-35-36-37-38-39-40-41-42-43-44-50-56-62-76-75(61-55-49-30-24-18-12-6)77(73-65-69(57-51-45-26-20-14-8-2)63-70(66-73)58-52-46-27-21-15-9-3)80(79)78(76)74-67-71(59-53-47-28-22-16-10-4)64-72(68-74)60-54-48-29-23-17-11-5;2*1-2;/h56,62-68H,7-55,57-61H2,1-6H3;2*2H,1H3;. The maximum absolute atomic E-state index is 13.3. The number of nitrogens with zero attached hydrogens (tertiary/aromatic N) is 2. The van der Waals surface area contributed by atoms with Crippen LogP contribution in [0.15, 0.2) is 59.7 Å². The summed E-state index contributed by atoms with van der Waals surface area (Å²) in [6.07, 6.45) is 76.4. The van der Waals surface area contributed by atoms with E-state index in [1.807, 2.05) is 0 Å². The van der Waals surface area contributed by atoms with Crippen LogP contribution in [0.25, 0.3) is 16.9 Å². The van der Waals surface area contributed by atoms with Crippen LogP contribution >= 0.6 is 0 Å². The van der Waals surface area contributed by atoms with Crippen molar-refractivity contribution in [1.29, 1.82) is 0 Å². The Morgan fingerprint density at radius 2 is 0.518 bits per heavy atom. The summed E-state index contributed by atoms with van der Waals surface area (Å²) in [6, 6.07) is 15.1. The molecule has 494 valence electrons. The number of aryl methyl sites for hydroxylation is 4. The SMILES string of the molecule is CCCCCCCCCCCCCCCCCCCCC=CC1=C(c2cc(CCCCCCCC)cc(CCCCCCCC)c2)[N+](=[N-])C(c2cc(CCCCCCCC)cc(CCCCCCCC)c2)=C1CCCCCCCC.CO.CO.[Ni]. The molecule has 85 heavy (non-hydrogen) atoms. The third kappa shape index (κ3) is 41.6. The number of hydrogen-bond acceptors (Lipinski definition) is 2. The number of rotatable bonds is 57.